The molecular formula is C8H8BrFOS. The van der Waals surface area contributed by atoms with E-state index in [1.165, 1.54) is 17.8 Å². The Morgan fingerprint density at radius 3 is 2.67 bits per heavy atom. The van der Waals surface area contributed by atoms with Crippen LogP contribution >= 0.6 is 27.7 Å². The highest BCUT2D eigenvalue weighted by Gasteiger charge is 2.10. The van der Waals surface area contributed by atoms with Gasteiger partial charge in [0, 0.05) is 0 Å². The van der Waals surface area contributed by atoms with Gasteiger partial charge in [-0.15, -0.1) is 11.8 Å². The second-order valence-corrected chi connectivity index (χ2v) is 3.71. The van der Waals surface area contributed by atoms with Crippen LogP contribution in [0.5, 0.6) is 5.75 Å². The van der Waals surface area contributed by atoms with Gasteiger partial charge in [0.1, 0.15) is 11.6 Å². The number of ether oxygens (including phenoxy) is 1. The molecule has 0 atom stereocenters. The quantitative estimate of drug-likeness (QED) is 0.745. The second-order valence-electron chi connectivity index (χ2n) is 2.10. The zero-order valence-electron chi connectivity index (χ0n) is 6.73. The summed E-state index contributed by atoms with van der Waals surface area (Å²) in [6.45, 7) is 0. The van der Waals surface area contributed by atoms with Crippen molar-refractivity contribution in [3.8, 4) is 5.75 Å². The molecular weight excluding hydrogens is 243 g/mol. The monoisotopic (exact) mass is 250 g/mol. The summed E-state index contributed by atoms with van der Waals surface area (Å²) >= 11 is 4.62. The molecule has 0 aliphatic carbocycles. The summed E-state index contributed by atoms with van der Waals surface area (Å²) in [5.41, 5.74) is 0. The van der Waals surface area contributed by atoms with Gasteiger partial charge in [-0.2, -0.15) is 0 Å². The molecule has 0 bridgehead atoms. The van der Waals surface area contributed by atoms with Crippen molar-refractivity contribution >= 4 is 27.7 Å². The third-order valence-electron chi connectivity index (χ3n) is 1.44. The number of hydrogen-bond donors (Lipinski definition) is 0. The van der Waals surface area contributed by atoms with Crippen molar-refractivity contribution in [3.05, 3.63) is 22.4 Å². The Balaban J connectivity index is 3.24. The zero-order chi connectivity index (χ0) is 9.14. The van der Waals surface area contributed by atoms with Crippen LogP contribution in [-0.2, 0) is 0 Å². The lowest BCUT2D eigenvalue weighted by atomic mass is 10.3. The summed E-state index contributed by atoms with van der Waals surface area (Å²) in [5, 5.41) is 0. The van der Waals surface area contributed by atoms with Crippen LogP contribution in [0, 0.1) is 5.82 Å². The average Bonchev–Trinajstić information content (AvgIpc) is 2.06. The molecule has 4 heteroatoms. The van der Waals surface area contributed by atoms with Crippen molar-refractivity contribution in [1.29, 1.82) is 0 Å². The highest BCUT2D eigenvalue weighted by atomic mass is 79.9. The van der Waals surface area contributed by atoms with Gasteiger partial charge in [0.05, 0.1) is 16.5 Å². The minimum atomic E-state index is -0.227. The van der Waals surface area contributed by atoms with Crippen LogP contribution in [-0.4, -0.2) is 13.4 Å². The average molecular weight is 251 g/mol. The van der Waals surface area contributed by atoms with E-state index in [0.29, 0.717) is 15.1 Å². The molecule has 0 aliphatic rings. The predicted molar refractivity (Wildman–Crippen MR) is 52.4 cm³/mol. The SMILES string of the molecule is COc1ccc(F)c(SC)c1Br. The molecule has 0 N–H and O–H groups in total. The molecule has 1 aromatic rings. The van der Waals surface area contributed by atoms with E-state index in [1.807, 2.05) is 6.26 Å². The summed E-state index contributed by atoms with van der Waals surface area (Å²) in [5.74, 6) is 0.427. The van der Waals surface area contributed by atoms with E-state index in [2.05, 4.69) is 15.9 Å². The van der Waals surface area contributed by atoms with Gasteiger partial charge in [0.25, 0.3) is 0 Å². The third kappa shape index (κ3) is 1.75. The molecule has 66 valence electrons. The maximum absolute atomic E-state index is 13.1. The molecule has 0 unspecified atom stereocenters. The molecule has 0 saturated carbocycles. The zero-order valence-corrected chi connectivity index (χ0v) is 9.13. The molecule has 0 saturated heterocycles. The molecule has 0 spiro atoms. The predicted octanol–water partition coefficient (Wildman–Crippen LogP) is 3.32. The molecule has 0 radical (unpaired) electrons. The van der Waals surface area contributed by atoms with Gasteiger partial charge in [0.2, 0.25) is 0 Å². The summed E-state index contributed by atoms with van der Waals surface area (Å²) < 4.78 is 18.8. The first-order chi connectivity index (χ1) is 5.70. The van der Waals surface area contributed by atoms with Gasteiger partial charge >= 0.3 is 0 Å². The lowest BCUT2D eigenvalue weighted by molar-refractivity contribution is 0.408. The standard InChI is InChI=1S/C8H8BrFOS/c1-11-6-4-3-5(10)8(12-2)7(6)9/h3-4H,1-2H3. The van der Waals surface area contributed by atoms with Crippen LogP contribution < -0.4 is 4.74 Å². The van der Waals surface area contributed by atoms with E-state index in [1.54, 1.807) is 13.2 Å². The first kappa shape index (κ1) is 9.86. The van der Waals surface area contributed by atoms with Crippen LogP contribution in [0.3, 0.4) is 0 Å². The van der Waals surface area contributed by atoms with E-state index in [9.17, 15) is 4.39 Å². The minimum absolute atomic E-state index is 0.227. The molecule has 0 amide bonds. The number of benzene rings is 1. The van der Waals surface area contributed by atoms with E-state index in [0.717, 1.165) is 0 Å². The lowest BCUT2D eigenvalue weighted by Crippen LogP contribution is -1.88. The van der Waals surface area contributed by atoms with E-state index in [4.69, 9.17) is 4.74 Å². The molecule has 1 nitrogen and oxygen atoms in total. The normalized spacial score (nSPS) is 10.0. The molecule has 0 heterocycles. The Hall–Kier alpha value is -0.220. The maximum Gasteiger partial charge on any atom is 0.138 e. The Kier molecular flexibility index (Phi) is 3.40. The number of halogens is 2. The smallest absolute Gasteiger partial charge is 0.138 e. The summed E-state index contributed by atoms with van der Waals surface area (Å²) in [6.07, 6.45) is 1.82. The summed E-state index contributed by atoms with van der Waals surface area (Å²) in [6, 6.07) is 2.99. The largest absolute Gasteiger partial charge is 0.496 e. The number of hydrogen-bond acceptors (Lipinski definition) is 2. The molecule has 0 fully saturated rings. The molecule has 12 heavy (non-hydrogen) atoms. The van der Waals surface area contributed by atoms with Gasteiger partial charge in [0.15, 0.2) is 0 Å². The first-order valence-corrected chi connectivity index (χ1v) is 5.28. The number of rotatable bonds is 2. The highest BCUT2D eigenvalue weighted by molar-refractivity contribution is 9.10. The minimum Gasteiger partial charge on any atom is -0.496 e. The molecule has 1 rings (SSSR count). The first-order valence-electron chi connectivity index (χ1n) is 3.26. The highest BCUT2D eigenvalue weighted by Crippen LogP contribution is 2.35. The number of thioether (sulfide) groups is 1. The third-order valence-corrected chi connectivity index (χ3v) is 3.29. The van der Waals surface area contributed by atoms with E-state index >= 15 is 0 Å². The molecule has 1 aromatic carbocycles. The maximum atomic E-state index is 13.1. The van der Waals surface area contributed by atoms with Crippen LogP contribution in [0.15, 0.2) is 21.5 Å². The Labute approximate surface area is 83.4 Å². The van der Waals surface area contributed by atoms with E-state index < -0.39 is 0 Å². The fourth-order valence-corrected chi connectivity index (χ4v) is 2.37. The van der Waals surface area contributed by atoms with Crippen LogP contribution in [0.25, 0.3) is 0 Å². The second kappa shape index (κ2) is 4.14. The van der Waals surface area contributed by atoms with Gasteiger partial charge in [-0.25, -0.2) is 4.39 Å². The Morgan fingerprint density at radius 1 is 1.50 bits per heavy atom. The molecule has 0 aromatic heterocycles. The van der Waals surface area contributed by atoms with Crippen LogP contribution in [0.2, 0.25) is 0 Å². The van der Waals surface area contributed by atoms with Gasteiger partial charge in [-0.05, 0) is 34.3 Å². The van der Waals surface area contributed by atoms with Gasteiger partial charge < -0.3 is 4.74 Å². The van der Waals surface area contributed by atoms with Gasteiger partial charge in [-0.1, -0.05) is 0 Å². The van der Waals surface area contributed by atoms with E-state index in [-0.39, 0.29) is 5.82 Å². The Bertz CT molecular complexity index is 291. The van der Waals surface area contributed by atoms with Crippen molar-refractivity contribution in [2.45, 2.75) is 4.90 Å². The van der Waals surface area contributed by atoms with Crippen molar-refractivity contribution < 1.29 is 9.13 Å². The van der Waals surface area contributed by atoms with Crippen molar-refractivity contribution in [2.24, 2.45) is 0 Å². The summed E-state index contributed by atoms with van der Waals surface area (Å²) in [7, 11) is 1.56. The van der Waals surface area contributed by atoms with Gasteiger partial charge in [-0.3, -0.25) is 0 Å². The fraction of sp³-hybridized carbons (Fsp3) is 0.250. The lowest BCUT2D eigenvalue weighted by Gasteiger charge is -2.07. The van der Waals surface area contributed by atoms with Crippen molar-refractivity contribution in [3.63, 3.8) is 0 Å². The summed E-state index contributed by atoms with van der Waals surface area (Å²) in [4.78, 5) is 0.578. The Morgan fingerprint density at radius 2 is 2.17 bits per heavy atom. The van der Waals surface area contributed by atoms with Crippen LogP contribution in [0.1, 0.15) is 0 Å². The number of methoxy groups -OCH3 is 1. The van der Waals surface area contributed by atoms with Crippen LogP contribution in [0.4, 0.5) is 4.39 Å². The topological polar surface area (TPSA) is 9.23 Å². The fourth-order valence-electron chi connectivity index (χ4n) is 0.859. The van der Waals surface area contributed by atoms with Crippen molar-refractivity contribution in [2.75, 3.05) is 13.4 Å². The molecule has 0 aliphatic heterocycles. The van der Waals surface area contributed by atoms with Crippen molar-refractivity contribution in [1.82, 2.24) is 0 Å².